The van der Waals surface area contributed by atoms with Crippen molar-refractivity contribution < 1.29 is 5.11 Å². The van der Waals surface area contributed by atoms with Crippen LogP contribution in [0.25, 0.3) is 0 Å². The van der Waals surface area contributed by atoms with Gasteiger partial charge in [-0.3, -0.25) is 0 Å². The minimum atomic E-state index is -0.733. The summed E-state index contributed by atoms with van der Waals surface area (Å²) in [5.74, 6) is 0.510. The van der Waals surface area contributed by atoms with Crippen molar-refractivity contribution in [2.24, 2.45) is 11.8 Å². The molecule has 2 aromatic rings. The van der Waals surface area contributed by atoms with Gasteiger partial charge in [-0.05, 0) is 56.5 Å². The van der Waals surface area contributed by atoms with E-state index >= 15 is 0 Å². The lowest BCUT2D eigenvalue weighted by atomic mass is 9.64. The summed E-state index contributed by atoms with van der Waals surface area (Å²) in [5.41, 5.74) is 1.63. The molecule has 1 aliphatic carbocycles. The fourth-order valence-electron chi connectivity index (χ4n) is 4.55. The van der Waals surface area contributed by atoms with E-state index < -0.39 is 5.60 Å². The number of nitrogens with zero attached hydrogens (tertiary/aromatic N) is 1. The Morgan fingerprint density at radius 2 is 1.65 bits per heavy atom. The summed E-state index contributed by atoms with van der Waals surface area (Å²) < 4.78 is 0. The lowest BCUT2D eigenvalue weighted by Crippen LogP contribution is -2.53. The van der Waals surface area contributed by atoms with E-state index in [-0.39, 0.29) is 11.8 Å². The first-order chi connectivity index (χ1) is 12.5. The molecule has 140 valence electrons. The zero-order chi connectivity index (χ0) is 18.6. The molecule has 0 bridgehead atoms. The van der Waals surface area contributed by atoms with Crippen LogP contribution in [0.1, 0.15) is 30.4 Å². The first kappa shape index (κ1) is 19.4. The maximum absolute atomic E-state index is 12.0. The van der Waals surface area contributed by atoms with Crippen LogP contribution in [0.15, 0.2) is 54.6 Å². The van der Waals surface area contributed by atoms with Crippen molar-refractivity contribution >= 4 is 11.6 Å². The van der Waals surface area contributed by atoms with Crippen molar-refractivity contribution in [2.75, 3.05) is 20.6 Å². The van der Waals surface area contributed by atoms with E-state index in [0.717, 1.165) is 36.4 Å². The Labute approximate surface area is 162 Å². The number of hydrogen-bond donors (Lipinski definition) is 1. The van der Waals surface area contributed by atoms with Crippen LogP contribution in [-0.2, 0) is 12.8 Å². The highest BCUT2D eigenvalue weighted by Crippen LogP contribution is 2.43. The van der Waals surface area contributed by atoms with Crippen molar-refractivity contribution in [3.05, 3.63) is 70.7 Å². The fraction of sp³-hybridized carbons (Fsp3) is 0.478. The van der Waals surface area contributed by atoms with Crippen LogP contribution in [0.4, 0.5) is 0 Å². The van der Waals surface area contributed by atoms with Gasteiger partial charge in [0.2, 0.25) is 0 Å². The zero-order valence-electron chi connectivity index (χ0n) is 15.9. The highest BCUT2D eigenvalue weighted by Gasteiger charge is 2.46. The van der Waals surface area contributed by atoms with Gasteiger partial charge in [-0.25, -0.2) is 0 Å². The van der Waals surface area contributed by atoms with E-state index in [1.807, 2.05) is 18.2 Å². The quantitative estimate of drug-likeness (QED) is 0.785. The molecule has 0 heterocycles. The molecule has 0 saturated heterocycles. The summed E-state index contributed by atoms with van der Waals surface area (Å²) in [6.45, 7) is 0.909. The smallest absolute Gasteiger partial charge is 0.0759 e. The Morgan fingerprint density at radius 3 is 2.35 bits per heavy atom. The highest BCUT2D eigenvalue weighted by atomic mass is 35.5. The Balaban J connectivity index is 1.91. The first-order valence-electron chi connectivity index (χ1n) is 9.63. The minimum absolute atomic E-state index is 0.250. The predicted octanol–water partition coefficient (Wildman–Crippen LogP) is 4.83. The number of aliphatic hydroxyl groups is 1. The van der Waals surface area contributed by atoms with Crippen LogP contribution >= 0.6 is 11.6 Å². The van der Waals surface area contributed by atoms with Gasteiger partial charge in [-0.15, -0.1) is 0 Å². The maximum Gasteiger partial charge on any atom is 0.0759 e. The van der Waals surface area contributed by atoms with E-state index in [9.17, 15) is 5.11 Å². The molecule has 0 amide bonds. The summed E-state index contributed by atoms with van der Waals surface area (Å²) in [6.07, 6.45) is 4.87. The fourth-order valence-corrected chi connectivity index (χ4v) is 4.75. The van der Waals surface area contributed by atoms with Gasteiger partial charge in [0, 0.05) is 23.9 Å². The molecule has 2 aromatic carbocycles. The molecule has 26 heavy (non-hydrogen) atoms. The number of hydrogen-bond acceptors (Lipinski definition) is 2. The van der Waals surface area contributed by atoms with E-state index in [2.05, 4.69) is 55.4 Å². The molecular formula is C23H30ClNO. The van der Waals surface area contributed by atoms with Crippen LogP contribution in [0.3, 0.4) is 0 Å². The average molecular weight is 372 g/mol. The van der Waals surface area contributed by atoms with Gasteiger partial charge >= 0.3 is 0 Å². The molecule has 3 heteroatoms. The molecule has 1 saturated carbocycles. The molecule has 0 radical (unpaired) electrons. The third-order valence-corrected chi connectivity index (χ3v) is 6.23. The molecule has 1 fully saturated rings. The monoisotopic (exact) mass is 371 g/mol. The average Bonchev–Trinajstić information content (AvgIpc) is 2.61. The highest BCUT2D eigenvalue weighted by molar-refractivity contribution is 6.31. The summed E-state index contributed by atoms with van der Waals surface area (Å²) in [7, 11) is 4.19. The molecule has 0 spiro atoms. The maximum atomic E-state index is 12.0. The lowest BCUT2D eigenvalue weighted by molar-refractivity contribution is -0.0997. The molecule has 3 unspecified atom stereocenters. The second-order valence-electron chi connectivity index (χ2n) is 8.04. The molecule has 3 atom stereocenters. The number of benzene rings is 2. The van der Waals surface area contributed by atoms with Gasteiger partial charge in [-0.2, -0.15) is 0 Å². The van der Waals surface area contributed by atoms with Crippen molar-refractivity contribution in [3.8, 4) is 0 Å². The van der Waals surface area contributed by atoms with Crippen molar-refractivity contribution in [1.29, 1.82) is 0 Å². The van der Waals surface area contributed by atoms with Crippen LogP contribution < -0.4 is 0 Å². The van der Waals surface area contributed by atoms with E-state index in [1.54, 1.807) is 0 Å². The van der Waals surface area contributed by atoms with Gasteiger partial charge in [0.1, 0.15) is 0 Å². The Hall–Kier alpha value is -1.35. The third kappa shape index (κ3) is 4.49. The SMILES string of the molecule is CN(C)CC1CCCC(Cc2ccccc2)C1(O)Cc1ccccc1Cl. The van der Waals surface area contributed by atoms with Gasteiger partial charge in [-0.1, -0.05) is 66.6 Å². The third-order valence-electron chi connectivity index (χ3n) is 5.86. The first-order valence-corrected chi connectivity index (χ1v) is 10.0. The summed E-state index contributed by atoms with van der Waals surface area (Å²) in [4.78, 5) is 2.20. The molecule has 2 nitrogen and oxygen atoms in total. The molecule has 0 aromatic heterocycles. The predicted molar refractivity (Wildman–Crippen MR) is 110 cm³/mol. The van der Waals surface area contributed by atoms with Gasteiger partial charge in [0.05, 0.1) is 5.60 Å². The summed E-state index contributed by atoms with van der Waals surface area (Å²) >= 11 is 6.45. The van der Waals surface area contributed by atoms with E-state index in [4.69, 9.17) is 11.6 Å². The van der Waals surface area contributed by atoms with Crippen molar-refractivity contribution in [2.45, 2.75) is 37.7 Å². The number of halogens is 1. The van der Waals surface area contributed by atoms with Crippen LogP contribution in [0, 0.1) is 11.8 Å². The standard InChI is InChI=1S/C23H30ClNO/c1-25(2)17-21-13-8-12-20(15-18-9-4-3-5-10-18)23(21,26)16-19-11-6-7-14-22(19)24/h3-7,9-11,14,20-21,26H,8,12-13,15-17H2,1-2H3. The zero-order valence-corrected chi connectivity index (χ0v) is 16.6. The molecule has 0 aliphatic heterocycles. The largest absolute Gasteiger partial charge is 0.389 e. The molecule has 1 aliphatic rings. The molecule has 1 N–H and O–H groups in total. The normalized spacial score (nSPS) is 26.2. The minimum Gasteiger partial charge on any atom is -0.389 e. The van der Waals surface area contributed by atoms with Crippen molar-refractivity contribution in [3.63, 3.8) is 0 Å². The second kappa shape index (κ2) is 8.56. The molecule has 3 rings (SSSR count). The van der Waals surface area contributed by atoms with Crippen LogP contribution in [0.2, 0.25) is 5.02 Å². The van der Waals surface area contributed by atoms with E-state index in [1.165, 1.54) is 12.0 Å². The van der Waals surface area contributed by atoms with Crippen LogP contribution in [-0.4, -0.2) is 36.2 Å². The van der Waals surface area contributed by atoms with Crippen molar-refractivity contribution in [1.82, 2.24) is 4.90 Å². The summed E-state index contributed by atoms with van der Waals surface area (Å²) in [6, 6.07) is 18.5. The molecular weight excluding hydrogens is 342 g/mol. The van der Waals surface area contributed by atoms with Gasteiger partial charge in [0.25, 0.3) is 0 Å². The van der Waals surface area contributed by atoms with E-state index in [0.29, 0.717) is 6.42 Å². The number of rotatable bonds is 6. The Morgan fingerprint density at radius 1 is 1.00 bits per heavy atom. The summed E-state index contributed by atoms with van der Waals surface area (Å²) in [5, 5.41) is 12.8. The van der Waals surface area contributed by atoms with Crippen LogP contribution in [0.5, 0.6) is 0 Å². The van der Waals surface area contributed by atoms with Gasteiger partial charge < -0.3 is 10.0 Å². The van der Waals surface area contributed by atoms with Gasteiger partial charge in [0.15, 0.2) is 0 Å². The lowest BCUT2D eigenvalue weighted by Gasteiger charge is -2.47. The second-order valence-corrected chi connectivity index (χ2v) is 8.44. The topological polar surface area (TPSA) is 23.5 Å². The Kier molecular flexibility index (Phi) is 6.39. The Bertz CT molecular complexity index is 702.